The van der Waals surface area contributed by atoms with Crippen LogP contribution in [0.25, 0.3) is 0 Å². The van der Waals surface area contributed by atoms with Crippen molar-refractivity contribution in [1.29, 1.82) is 0 Å². The lowest BCUT2D eigenvalue weighted by Gasteiger charge is -2.33. The van der Waals surface area contributed by atoms with Crippen LogP contribution >= 0.6 is 11.3 Å². The van der Waals surface area contributed by atoms with E-state index in [0.717, 1.165) is 50.0 Å². The molecule has 0 bridgehead atoms. The summed E-state index contributed by atoms with van der Waals surface area (Å²) >= 11 is 1.72. The fraction of sp³-hybridized carbons (Fsp3) is 0.750. The molecule has 5 heteroatoms. The molecule has 0 radical (unpaired) electrons. The molecule has 1 atom stereocenters. The van der Waals surface area contributed by atoms with Crippen LogP contribution in [0.15, 0.2) is 0 Å². The lowest BCUT2D eigenvalue weighted by Crippen LogP contribution is -2.38. The van der Waals surface area contributed by atoms with Crippen molar-refractivity contribution in [2.75, 3.05) is 7.05 Å². The molecular formula is C16H24N2O2S. The van der Waals surface area contributed by atoms with Gasteiger partial charge >= 0.3 is 0 Å². The number of fused-ring (bicyclic) bond motifs is 1. The third-order valence-electron chi connectivity index (χ3n) is 4.90. The van der Waals surface area contributed by atoms with Gasteiger partial charge in [-0.1, -0.05) is 12.8 Å². The lowest BCUT2D eigenvalue weighted by molar-refractivity contribution is -0.137. The Labute approximate surface area is 130 Å². The van der Waals surface area contributed by atoms with Crippen LogP contribution < -0.4 is 0 Å². The summed E-state index contributed by atoms with van der Waals surface area (Å²) in [6.07, 6.45) is 7.00. The Kier molecular flexibility index (Phi) is 4.06. The Bertz CT molecular complexity index is 534. The van der Waals surface area contributed by atoms with Crippen LogP contribution in [-0.2, 0) is 11.2 Å². The summed E-state index contributed by atoms with van der Waals surface area (Å²) in [6, 6.07) is 0.150. The molecule has 1 aromatic heterocycles. The van der Waals surface area contributed by atoms with Crippen molar-refractivity contribution >= 4 is 17.2 Å². The van der Waals surface area contributed by atoms with Crippen molar-refractivity contribution in [3.05, 3.63) is 15.6 Å². The zero-order valence-electron chi connectivity index (χ0n) is 12.9. The number of aromatic nitrogens is 1. The highest BCUT2D eigenvalue weighted by atomic mass is 32.1. The van der Waals surface area contributed by atoms with Gasteiger partial charge in [-0.05, 0) is 39.0 Å². The number of amides is 1. The third kappa shape index (κ3) is 2.99. The summed E-state index contributed by atoms with van der Waals surface area (Å²) in [5.74, 6) is 0.0725. The highest BCUT2D eigenvalue weighted by Crippen LogP contribution is 2.39. The molecular weight excluding hydrogens is 284 g/mol. The van der Waals surface area contributed by atoms with Gasteiger partial charge in [-0.2, -0.15) is 0 Å². The normalized spacial score (nSPS) is 23.9. The second-order valence-electron chi connectivity index (χ2n) is 6.56. The highest BCUT2D eigenvalue weighted by molar-refractivity contribution is 7.11. The average Bonchev–Trinajstić information content (AvgIpc) is 3.02. The van der Waals surface area contributed by atoms with E-state index in [0.29, 0.717) is 0 Å². The standard InChI is InChI=1S/C16H24N2O2S/c1-11-17-12-6-5-7-13(15(12)21-11)18(2)14(19)10-16(20)8-3-4-9-16/h13,20H,3-10H2,1-2H3. The fourth-order valence-corrected chi connectivity index (χ4v) is 4.83. The first-order valence-electron chi connectivity index (χ1n) is 7.93. The molecule has 21 heavy (non-hydrogen) atoms. The number of hydrogen-bond donors (Lipinski definition) is 1. The van der Waals surface area contributed by atoms with Gasteiger partial charge < -0.3 is 10.0 Å². The smallest absolute Gasteiger partial charge is 0.225 e. The number of rotatable bonds is 3. The molecule has 0 spiro atoms. The van der Waals surface area contributed by atoms with Crippen LogP contribution in [0.3, 0.4) is 0 Å². The number of aliphatic hydroxyl groups is 1. The van der Waals surface area contributed by atoms with Crippen molar-refractivity contribution in [2.45, 2.75) is 69.9 Å². The predicted molar refractivity (Wildman–Crippen MR) is 83.3 cm³/mol. The summed E-state index contributed by atoms with van der Waals surface area (Å²) in [4.78, 5) is 20.3. The molecule has 1 N–H and O–H groups in total. The summed E-state index contributed by atoms with van der Waals surface area (Å²) in [5, 5.41) is 11.5. The van der Waals surface area contributed by atoms with E-state index in [9.17, 15) is 9.90 Å². The Morgan fingerprint density at radius 3 is 2.86 bits per heavy atom. The van der Waals surface area contributed by atoms with E-state index in [1.165, 1.54) is 10.6 Å². The van der Waals surface area contributed by atoms with E-state index in [1.807, 2.05) is 18.9 Å². The van der Waals surface area contributed by atoms with Crippen molar-refractivity contribution < 1.29 is 9.90 Å². The lowest BCUT2D eigenvalue weighted by atomic mass is 9.94. The van der Waals surface area contributed by atoms with Crippen LogP contribution in [0, 0.1) is 6.92 Å². The molecule has 116 valence electrons. The van der Waals surface area contributed by atoms with Gasteiger partial charge in [0, 0.05) is 7.05 Å². The number of carbonyl (C=O) groups excluding carboxylic acids is 1. The molecule has 2 aliphatic carbocycles. The van der Waals surface area contributed by atoms with E-state index in [1.54, 1.807) is 11.3 Å². The Morgan fingerprint density at radius 2 is 2.14 bits per heavy atom. The number of carbonyl (C=O) groups is 1. The van der Waals surface area contributed by atoms with Crippen LogP contribution in [0.5, 0.6) is 0 Å². The fourth-order valence-electron chi connectivity index (χ4n) is 3.68. The van der Waals surface area contributed by atoms with Crippen LogP contribution in [0.1, 0.15) is 66.6 Å². The number of nitrogens with zero attached hydrogens (tertiary/aromatic N) is 2. The molecule has 0 saturated heterocycles. The van der Waals surface area contributed by atoms with E-state index >= 15 is 0 Å². The first-order chi connectivity index (χ1) is 9.98. The summed E-state index contributed by atoms with van der Waals surface area (Å²) in [6.45, 7) is 2.03. The van der Waals surface area contributed by atoms with Gasteiger partial charge in [0.2, 0.25) is 5.91 Å². The summed E-state index contributed by atoms with van der Waals surface area (Å²) in [7, 11) is 1.88. The molecule has 4 nitrogen and oxygen atoms in total. The van der Waals surface area contributed by atoms with Gasteiger partial charge in [0.25, 0.3) is 0 Å². The first kappa shape index (κ1) is 15.0. The zero-order chi connectivity index (χ0) is 15.0. The van der Waals surface area contributed by atoms with Gasteiger partial charge in [0.05, 0.1) is 33.6 Å². The number of thiazole rings is 1. The quantitative estimate of drug-likeness (QED) is 0.934. The highest BCUT2D eigenvalue weighted by Gasteiger charge is 2.37. The van der Waals surface area contributed by atoms with Crippen molar-refractivity contribution in [2.24, 2.45) is 0 Å². The minimum atomic E-state index is -0.757. The molecule has 1 unspecified atom stereocenters. The maximum Gasteiger partial charge on any atom is 0.225 e. The van der Waals surface area contributed by atoms with E-state index in [2.05, 4.69) is 4.98 Å². The van der Waals surface area contributed by atoms with Crippen LogP contribution in [0.2, 0.25) is 0 Å². The molecule has 0 aliphatic heterocycles. The van der Waals surface area contributed by atoms with Gasteiger partial charge in [-0.3, -0.25) is 4.79 Å². The molecule has 3 rings (SSSR count). The second kappa shape index (κ2) is 5.69. The molecule has 1 heterocycles. The van der Waals surface area contributed by atoms with Crippen LogP contribution in [0.4, 0.5) is 0 Å². The monoisotopic (exact) mass is 308 g/mol. The van der Waals surface area contributed by atoms with E-state index < -0.39 is 5.60 Å². The Hall–Kier alpha value is -0.940. The Balaban J connectivity index is 1.73. The molecule has 0 aromatic carbocycles. The van der Waals surface area contributed by atoms with Crippen molar-refractivity contribution in [3.8, 4) is 0 Å². The van der Waals surface area contributed by atoms with E-state index in [4.69, 9.17) is 0 Å². The molecule has 1 amide bonds. The molecule has 1 saturated carbocycles. The average molecular weight is 308 g/mol. The predicted octanol–water partition coefficient (Wildman–Crippen LogP) is 2.98. The van der Waals surface area contributed by atoms with Gasteiger partial charge in [0.15, 0.2) is 0 Å². The van der Waals surface area contributed by atoms with E-state index in [-0.39, 0.29) is 18.4 Å². The summed E-state index contributed by atoms with van der Waals surface area (Å²) in [5.41, 5.74) is 0.417. The van der Waals surface area contributed by atoms with Gasteiger partial charge in [0.1, 0.15) is 0 Å². The molecule has 1 aromatic rings. The minimum Gasteiger partial charge on any atom is -0.389 e. The van der Waals surface area contributed by atoms with Crippen molar-refractivity contribution in [3.63, 3.8) is 0 Å². The Morgan fingerprint density at radius 1 is 1.43 bits per heavy atom. The minimum absolute atomic E-state index is 0.0725. The molecule has 1 fully saturated rings. The van der Waals surface area contributed by atoms with Gasteiger partial charge in [-0.25, -0.2) is 4.98 Å². The topological polar surface area (TPSA) is 53.4 Å². The maximum absolute atomic E-state index is 12.6. The summed E-state index contributed by atoms with van der Waals surface area (Å²) < 4.78 is 0. The first-order valence-corrected chi connectivity index (χ1v) is 8.74. The number of hydrogen-bond acceptors (Lipinski definition) is 4. The van der Waals surface area contributed by atoms with Crippen LogP contribution in [-0.4, -0.2) is 33.5 Å². The maximum atomic E-state index is 12.6. The third-order valence-corrected chi connectivity index (χ3v) is 6.02. The van der Waals surface area contributed by atoms with Crippen molar-refractivity contribution in [1.82, 2.24) is 9.88 Å². The largest absolute Gasteiger partial charge is 0.389 e. The zero-order valence-corrected chi connectivity index (χ0v) is 13.7. The molecule has 2 aliphatic rings. The SMILES string of the molecule is Cc1nc2c(s1)C(N(C)C(=O)CC1(O)CCCC1)CCC2. The second-order valence-corrected chi connectivity index (χ2v) is 7.80. The van der Waals surface area contributed by atoms with Gasteiger partial charge in [-0.15, -0.1) is 11.3 Å². The number of aryl methyl sites for hydroxylation is 2.